The summed E-state index contributed by atoms with van der Waals surface area (Å²) >= 11 is 0. The van der Waals surface area contributed by atoms with Crippen molar-refractivity contribution in [2.75, 3.05) is 17.7 Å². The summed E-state index contributed by atoms with van der Waals surface area (Å²) in [7, 11) is 1.53. The number of benzene rings is 2. The maximum Gasteiger partial charge on any atom is 0.229 e. The van der Waals surface area contributed by atoms with Crippen LogP contribution in [0, 0.1) is 12.7 Å². The number of rotatable bonds is 5. The standard InChI is InChI=1S/C18H17FN4O/c1-12-11-20-18(22-16-10-14(24-2)8-9-15(16)19)23-17(12)21-13-6-4-3-5-7-13/h3-11H,1-2H3,(H2,20,21,22,23). The van der Waals surface area contributed by atoms with Crippen molar-refractivity contribution in [3.05, 3.63) is 66.1 Å². The zero-order chi connectivity index (χ0) is 16.9. The lowest BCUT2D eigenvalue weighted by Crippen LogP contribution is -2.04. The van der Waals surface area contributed by atoms with Gasteiger partial charge in [-0.05, 0) is 31.2 Å². The van der Waals surface area contributed by atoms with Gasteiger partial charge < -0.3 is 15.4 Å². The van der Waals surface area contributed by atoms with Gasteiger partial charge in [0.2, 0.25) is 5.95 Å². The van der Waals surface area contributed by atoms with E-state index in [1.54, 1.807) is 18.3 Å². The number of hydrogen-bond acceptors (Lipinski definition) is 5. The van der Waals surface area contributed by atoms with Crippen LogP contribution in [0.2, 0.25) is 0 Å². The largest absolute Gasteiger partial charge is 0.497 e. The highest BCUT2D eigenvalue weighted by molar-refractivity contribution is 5.62. The molecule has 2 N–H and O–H groups in total. The van der Waals surface area contributed by atoms with Gasteiger partial charge in [0.25, 0.3) is 0 Å². The third-order valence-corrected chi connectivity index (χ3v) is 3.43. The highest BCUT2D eigenvalue weighted by atomic mass is 19.1. The molecular formula is C18H17FN4O. The minimum absolute atomic E-state index is 0.254. The third kappa shape index (κ3) is 3.60. The third-order valence-electron chi connectivity index (χ3n) is 3.43. The van der Waals surface area contributed by atoms with Crippen LogP contribution in [0.15, 0.2) is 54.7 Å². The van der Waals surface area contributed by atoms with Gasteiger partial charge in [-0.1, -0.05) is 18.2 Å². The molecule has 0 aliphatic carbocycles. The number of methoxy groups -OCH3 is 1. The molecule has 0 saturated heterocycles. The van der Waals surface area contributed by atoms with Crippen LogP contribution < -0.4 is 15.4 Å². The zero-order valence-electron chi connectivity index (χ0n) is 13.4. The minimum atomic E-state index is -0.405. The van der Waals surface area contributed by atoms with Gasteiger partial charge in [-0.2, -0.15) is 4.98 Å². The first-order chi connectivity index (χ1) is 11.7. The van der Waals surface area contributed by atoms with Crippen molar-refractivity contribution < 1.29 is 9.13 Å². The van der Waals surface area contributed by atoms with Crippen LogP contribution in [0.1, 0.15) is 5.56 Å². The molecule has 122 valence electrons. The Morgan fingerprint density at radius 1 is 1.04 bits per heavy atom. The van der Waals surface area contributed by atoms with Gasteiger partial charge in [0.05, 0.1) is 12.8 Å². The summed E-state index contributed by atoms with van der Waals surface area (Å²) in [6, 6.07) is 14.1. The fourth-order valence-corrected chi connectivity index (χ4v) is 2.13. The van der Waals surface area contributed by atoms with Crippen LogP contribution in [0.4, 0.5) is 27.5 Å². The van der Waals surface area contributed by atoms with Crippen LogP contribution in [-0.4, -0.2) is 17.1 Å². The summed E-state index contributed by atoms with van der Waals surface area (Å²) in [6.07, 6.45) is 1.68. The van der Waals surface area contributed by atoms with Gasteiger partial charge in [0, 0.05) is 23.5 Å². The number of halogens is 1. The first-order valence-corrected chi connectivity index (χ1v) is 7.42. The number of anilines is 4. The SMILES string of the molecule is COc1ccc(F)c(Nc2ncc(C)c(Nc3ccccc3)n2)c1. The average Bonchev–Trinajstić information content (AvgIpc) is 2.60. The summed E-state index contributed by atoms with van der Waals surface area (Å²) in [5.74, 6) is 1.10. The summed E-state index contributed by atoms with van der Waals surface area (Å²) in [6.45, 7) is 1.90. The number of ether oxygens (including phenoxy) is 1. The first-order valence-electron chi connectivity index (χ1n) is 7.42. The fourth-order valence-electron chi connectivity index (χ4n) is 2.13. The molecule has 0 aliphatic heterocycles. The molecule has 0 saturated carbocycles. The van der Waals surface area contributed by atoms with E-state index in [0.29, 0.717) is 17.5 Å². The van der Waals surface area contributed by atoms with Gasteiger partial charge >= 0.3 is 0 Å². The van der Waals surface area contributed by atoms with E-state index in [1.807, 2.05) is 37.3 Å². The highest BCUT2D eigenvalue weighted by Gasteiger charge is 2.08. The number of nitrogens with one attached hydrogen (secondary N) is 2. The number of para-hydroxylation sites is 1. The lowest BCUT2D eigenvalue weighted by atomic mass is 10.3. The number of nitrogens with zero attached hydrogens (tertiary/aromatic N) is 2. The van der Waals surface area contributed by atoms with Crippen LogP contribution in [-0.2, 0) is 0 Å². The molecule has 0 unspecified atom stereocenters. The van der Waals surface area contributed by atoms with Crippen molar-refractivity contribution in [1.29, 1.82) is 0 Å². The molecule has 0 amide bonds. The van der Waals surface area contributed by atoms with Crippen LogP contribution in [0.25, 0.3) is 0 Å². The molecule has 5 nitrogen and oxygen atoms in total. The molecule has 3 rings (SSSR count). The second-order valence-electron chi connectivity index (χ2n) is 5.19. The molecule has 24 heavy (non-hydrogen) atoms. The number of aromatic nitrogens is 2. The fraction of sp³-hybridized carbons (Fsp3) is 0.111. The van der Waals surface area contributed by atoms with E-state index in [0.717, 1.165) is 11.3 Å². The van der Waals surface area contributed by atoms with Crippen molar-refractivity contribution in [3.8, 4) is 5.75 Å². The van der Waals surface area contributed by atoms with Gasteiger partial charge in [0.15, 0.2) is 0 Å². The molecule has 6 heteroatoms. The van der Waals surface area contributed by atoms with Gasteiger partial charge in [0.1, 0.15) is 17.4 Å². The second-order valence-corrected chi connectivity index (χ2v) is 5.19. The van der Waals surface area contributed by atoms with E-state index in [9.17, 15) is 4.39 Å². The molecule has 0 radical (unpaired) electrons. The summed E-state index contributed by atoms with van der Waals surface area (Å²) in [5, 5.41) is 6.11. The Morgan fingerprint density at radius 2 is 1.83 bits per heavy atom. The van der Waals surface area contributed by atoms with Crippen molar-refractivity contribution in [2.45, 2.75) is 6.92 Å². The topological polar surface area (TPSA) is 59.1 Å². The Morgan fingerprint density at radius 3 is 2.58 bits per heavy atom. The van der Waals surface area contributed by atoms with Crippen molar-refractivity contribution in [2.24, 2.45) is 0 Å². The smallest absolute Gasteiger partial charge is 0.229 e. The van der Waals surface area contributed by atoms with Crippen LogP contribution in [0.3, 0.4) is 0 Å². The molecule has 3 aromatic rings. The van der Waals surface area contributed by atoms with E-state index in [1.165, 1.54) is 13.2 Å². The van der Waals surface area contributed by atoms with Gasteiger partial charge in [-0.15, -0.1) is 0 Å². The van der Waals surface area contributed by atoms with Gasteiger partial charge in [-0.3, -0.25) is 0 Å². The number of hydrogen-bond donors (Lipinski definition) is 2. The summed E-state index contributed by atoms with van der Waals surface area (Å²) < 4.78 is 19.0. The maximum atomic E-state index is 13.9. The molecule has 1 aromatic heterocycles. The van der Waals surface area contributed by atoms with E-state index in [2.05, 4.69) is 20.6 Å². The Labute approximate surface area is 139 Å². The Bertz CT molecular complexity index is 840. The normalized spacial score (nSPS) is 10.3. The molecule has 0 spiro atoms. The number of aryl methyl sites for hydroxylation is 1. The Kier molecular flexibility index (Phi) is 4.56. The Hall–Kier alpha value is -3.15. The van der Waals surface area contributed by atoms with Crippen molar-refractivity contribution in [1.82, 2.24) is 9.97 Å². The van der Waals surface area contributed by atoms with Gasteiger partial charge in [-0.25, -0.2) is 9.37 Å². The molecule has 1 heterocycles. The Balaban J connectivity index is 1.86. The van der Waals surface area contributed by atoms with E-state index < -0.39 is 5.82 Å². The van der Waals surface area contributed by atoms with Crippen molar-refractivity contribution in [3.63, 3.8) is 0 Å². The van der Waals surface area contributed by atoms with E-state index in [-0.39, 0.29) is 5.69 Å². The predicted octanol–water partition coefficient (Wildman–Crippen LogP) is 4.42. The van der Waals surface area contributed by atoms with E-state index in [4.69, 9.17) is 4.74 Å². The lowest BCUT2D eigenvalue weighted by molar-refractivity contribution is 0.414. The lowest BCUT2D eigenvalue weighted by Gasteiger charge is -2.12. The van der Waals surface area contributed by atoms with Crippen molar-refractivity contribution >= 4 is 23.1 Å². The monoisotopic (exact) mass is 324 g/mol. The molecule has 0 aliphatic rings. The molecule has 0 bridgehead atoms. The quantitative estimate of drug-likeness (QED) is 0.727. The highest BCUT2D eigenvalue weighted by Crippen LogP contribution is 2.25. The predicted molar refractivity (Wildman–Crippen MR) is 92.7 cm³/mol. The average molecular weight is 324 g/mol. The maximum absolute atomic E-state index is 13.9. The summed E-state index contributed by atoms with van der Waals surface area (Å²) in [4.78, 5) is 8.62. The van der Waals surface area contributed by atoms with Crippen LogP contribution in [0.5, 0.6) is 5.75 Å². The second kappa shape index (κ2) is 6.95. The summed E-state index contributed by atoms with van der Waals surface area (Å²) in [5.41, 5.74) is 2.05. The zero-order valence-corrected chi connectivity index (χ0v) is 13.4. The molecule has 2 aromatic carbocycles. The molecular weight excluding hydrogens is 307 g/mol. The molecule has 0 fully saturated rings. The minimum Gasteiger partial charge on any atom is -0.497 e. The van der Waals surface area contributed by atoms with Crippen LogP contribution >= 0.6 is 0 Å². The molecule has 0 atom stereocenters. The van der Waals surface area contributed by atoms with E-state index >= 15 is 0 Å². The first kappa shape index (κ1) is 15.7.